The van der Waals surface area contributed by atoms with E-state index in [0.29, 0.717) is 16.4 Å². The van der Waals surface area contributed by atoms with E-state index in [9.17, 15) is 22.8 Å². The van der Waals surface area contributed by atoms with E-state index in [0.717, 1.165) is 12.1 Å². The van der Waals surface area contributed by atoms with E-state index in [1.54, 1.807) is 54.8 Å². The van der Waals surface area contributed by atoms with Gasteiger partial charge in [-0.2, -0.15) is 18.3 Å². The van der Waals surface area contributed by atoms with E-state index in [1.165, 1.54) is 22.9 Å². The van der Waals surface area contributed by atoms with Crippen molar-refractivity contribution in [3.05, 3.63) is 70.9 Å². The first-order valence-corrected chi connectivity index (χ1v) is 12.4. The maximum absolute atomic E-state index is 13.5. The highest BCUT2D eigenvalue weighted by Crippen LogP contribution is 2.33. The van der Waals surface area contributed by atoms with Crippen molar-refractivity contribution in [2.45, 2.75) is 45.5 Å². The summed E-state index contributed by atoms with van der Waals surface area (Å²) in [5.74, 6) is -0.393. The number of aromatic nitrogens is 2. The number of piperazine rings is 1. The molecule has 1 aliphatic rings. The second kappa shape index (κ2) is 10.3. The van der Waals surface area contributed by atoms with Gasteiger partial charge in [0.15, 0.2) is 5.69 Å². The molecule has 11 heteroatoms. The summed E-state index contributed by atoms with van der Waals surface area (Å²) in [6.07, 6.45) is -4.98. The fraction of sp³-hybridized carbons (Fsp3) is 0.370. The summed E-state index contributed by atoms with van der Waals surface area (Å²) in [5.41, 5.74) is -0.341. The van der Waals surface area contributed by atoms with Crippen molar-refractivity contribution in [1.82, 2.24) is 19.6 Å². The van der Waals surface area contributed by atoms with Crippen molar-refractivity contribution in [3.8, 4) is 16.9 Å². The van der Waals surface area contributed by atoms with E-state index in [-0.39, 0.29) is 36.9 Å². The molecule has 0 aliphatic carbocycles. The number of hydrogen-bond donors (Lipinski definition) is 0. The van der Waals surface area contributed by atoms with Gasteiger partial charge in [-0.1, -0.05) is 29.8 Å². The Morgan fingerprint density at radius 1 is 1.03 bits per heavy atom. The molecule has 7 nitrogen and oxygen atoms in total. The number of amides is 2. The Morgan fingerprint density at radius 2 is 1.74 bits per heavy atom. The third-order valence-corrected chi connectivity index (χ3v) is 6.24. The van der Waals surface area contributed by atoms with Crippen LogP contribution in [0.4, 0.5) is 18.0 Å². The van der Waals surface area contributed by atoms with Crippen LogP contribution in [0.2, 0.25) is 5.02 Å². The number of nitrogens with zero attached hydrogens (tertiary/aromatic N) is 4. The van der Waals surface area contributed by atoms with E-state index >= 15 is 0 Å². The number of carbonyl (C=O) groups is 2. The van der Waals surface area contributed by atoms with Gasteiger partial charge < -0.3 is 14.5 Å². The number of benzene rings is 2. The van der Waals surface area contributed by atoms with Crippen molar-refractivity contribution in [3.63, 3.8) is 0 Å². The average molecular weight is 549 g/mol. The Morgan fingerprint density at radius 3 is 2.37 bits per heavy atom. The minimum atomic E-state index is -4.53. The van der Waals surface area contributed by atoms with Crippen LogP contribution in [-0.2, 0) is 10.9 Å². The zero-order valence-corrected chi connectivity index (χ0v) is 22.2. The maximum atomic E-state index is 13.5. The van der Waals surface area contributed by atoms with Crippen LogP contribution in [0.3, 0.4) is 0 Å². The Balaban J connectivity index is 1.66. The van der Waals surface area contributed by atoms with Gasteiger partial charge in [0.25, 0.3) is 5.91 Å². The summed E-state index contributed by atoms with van der Waals surface area (Å²) in [4.78, 5) is 29.2. The van der Waals surface area contributed by atoms with Crippen LogP contribution < -0.4 is 0 Å². The average Bonchev–Trinajstić information content (AvgIpc) is 3.28. The molecule has 0 bridgehead atoms. The first-order chi connectivity index (χ1) is 17.7. The first-order valence-electron chi connectivity index (χ1n) is 12.1. The van der Waals surface area contributed by atoms with Crippen LogP contribution in [0.25, 0.3) is 16.9 Å². The predicted octanol–water partition coefficient (Wildman–Crippen LogP) is 6.29. The van der Waals surface area contributed by atoms with Gasteiger partial charge in [0.05, 0.1) is 16.9 Å². The van der Waals surface area contributed by atoms with E-state index in [4.69, 9.17) is 16.3 Å². The van der Waals surface area contributed by atoms with Gasteiger partial charge in [-0.25, -0.2) is 9.48 Å². The van der Waals surface area contributed by atoms with Crippen LogP contribution in [0.1, 0.15) is 43.7 Å². The smallest absolute Gasteiger partial charge is 0.416 e. The van der Waals surface area contributed by atoms with E-state index in [2.05, 4.69) is 5.10 Å². The molecule has 2 aromatic carbocycles. The summed E-state index contributed by atoms with van der Waals surface area (Å²) in [6.45, 7) is 7.97. The highest BCUT2D eigenvalue weighted by atomic mass is 35.5. The zero-order valence-electron chi connectivity index (χ0n) is 21.4. The second-order valence-electron chi connectivity index (χ2n) is 10.2. The molecular formula is C27H28ClF3N4O3. The molecule has 3 aromatic rings. The molecule has 202 valence electrons. The van der Waals surface area contributed by atoms with Gasteiger partial charge in [-0.3, -0.25) is 4.79 Å². The first kappa shape index (κ1) is 27.5. The van der Waals surface area contributed by atoms with Crippen molar-refractivity contribution in [2.75, 3.05) is 19.6 Å². The standard InChI is InChI=1S/C27H28ClF3N4O3/c1-17-16-33(25(37)38-26(2,3)4)11-12-34(17)24(36)22-15-23(18-7-5-8-19(13-18)27(29,30)31)35(32-22)21-10-6-9-20(28)14-21/h5-10,13-15,17H,11-12,16H2,1-4H3/t17-/m1/s1. The largest absolute Gasteiger partial charge is 0.444 e. The molecule has 2 amide bonds. The highest BCUT2D eigenvalue weighted by molar-refractivity contribution is 6.30. The molecule has 1 saturated heterocycles. The van der Waals surface area contributed by atoms with Crippen LogP contribution in [0, 0.1) is 0 Å². The lowest BCUT2D eigenvalue weighted by Gasteiger charge is -2.39. The number of halogens is 4. The number of alkyl halides is 3. The Hall–Kier alpha value is -3.53. The van der Waals surface area contributed by atoms with Gasteiger partial charge in [0.2, 0.25) is 0 Å². The molecular weight excluding hydrogens is 521 g/mol. The normalized spacial score (nSPS) is 16.5. The third kappa shape index (κ3) is 6.12. The molecule has 2 heterocycles. The summed E-state index contributed by atoms with van der Waals surface area (Å²) >= 11 is 6.16. The van der Waals surface area contributed by atoms with Crippen LogP contribution in [-0.4, -0.2) is 62.9 Å². The number of carbonyl (C=O) groups excluding carboxylic acids is 2. The minimum Gasteiger partial charge on any atom is -0.444 e. The van der Waals surface area contributed by atoms with Crippen LogP contribution in [0.15, 0.2) is 54.6 Å². The van der Waals surface area contributed by atoms with Gasteiger partial charge in [-0.05, 0) is 64.1 Å². The van der Waals surface area contributed by atoms with Crippen molar-refractivity contribution >= 4 is 23.6 Å². The summed E-state index contributed by atoms with van der Waals surface area (Å²) in [5, 5.41) is 4.89. The lowest BCUT2D eigenvalue weighted by molar-refractivity contribution is -0.137. The lowest BCUT2D eigenvalue weighted by atomic mass is 10.1. The van der Waals surface area contributed by atoms with Crippen molar-refractivity contribution in [1.29, 1.82) is 0 Å². The monoisotopic (exact) mass is 548 g/mol. The molecule has 0 spiro atoms. The predicted molar refractivity (Wildman–Crippen MR) is 137 cm³/mol. The lowest BCUT2D eigenvalue weighted by Crippen LogP contribution is -2.56. The molecule has 0 unspecified atom stereocenters. The molecule has 1 aliphatic heterocycles. The van der Waals surface area contributed by atoms with Crippen LogP contribution in [0.5, 0.6) is 0 Å². The molecule has 0 N–H and O–H groups in total. The molecule has 0 saturated carbocycles. The van der Waals surface area contributed by atoms with Crippen molar-refractivity contribution in [2.24, 2.45) is 0 Å². The van der Waals surface area contributed by atoms with Gasteiger partial charge in [0.1, 0.15) is 5.60 Å². The fourth-order valence-corrected chi connectivity index (χ4v) is 4.43. The van der Waals surface area contributed by atoms with Gasteiger partial charge in [-0.15, -0.1) is 0 Å². The Kier molecular flexibility index (Phi) is 7.47. The number of ether oxygens (including phenoxy) is 1. The Labute approximate surface area is 223 Å². The fourth-order valence-electron chi connectivity index (χ4n) is 4.25. The molecule has 1 aromatic heterocycles. The summed E-state index contributed by atoms with van der Waals surface area (Å²) in [6, 6.07) is 12.7. The maximum Gasteiger partial charge on any atom is 0.416 e. The number of hydrogen-bond acceptors (Lipinski definition) is 4. The van der Waals surface area contributed by atoms with E-state index in [1.807, 2.05) is 6.92 Å². The summed E-state index contributed by atoms with van der Waals surface area (Å²) in [7, 11) is 0. The minimum absolute atomic E-state index is 0.0648. The number of rotatable bonds is 3. The summed E-state index contributed by atoms with van der Waals surface area (Å²) < 4.78 is 47.1. The van der Waals surface area contributed by atoms with Crippen LogP contribution >= 0.6 is 11.6 Å². The Bertz CT molecular complexity index is 1350. The molecule has 1 fully saturated rings. The molecule has 0 radical (unpaired) electrons. The van der Waals surface area contributed by atoms with Gasteiger partial charge >= 0.3 is 12.3 Å². The SMILES string of the molecule is C[C@@H]1CN(C(=O)OC(C)(C)C)CCN1C(=O)c1cc(-c2cccc(C(F)(F)F)c2)n(-c2cccc(Cl)c2)n1. The van der Waals surface area contributed by atoms with Crippen molar-refractivity contribution < 1.29 is 27.5 Å². The van der Waals surface area contributed by atoms with E-state index < -0.39 is 29.3 Å². The quantitative estimate of drug-likeness (QED) is 0.385. The zero-order chi connectivity index (χ0) is 27.8. The third-order valence-electron chi connectivity index (χ3n) is 6.01. The molecule has 4 rings (SSSR count). The topological polar surface area (TPSA) is 67.7 Å². The molecule has 1 atom stereocenters. The van der Waals surface area contributed by atoms with Gasteiger partial charge in [0, 0.05) is 36.3 Å². The highest BCUT2D eigenvalue weighted by Gasteiger charge is 2.34. The second-order valence-corrected chi connectivity index (χ2v) is 10.6. The molecule has 38 heavy (non-hydrogen) atoms.